The number of rotatable bonds is 11. The first-order chi connectivity index (χ1) is 23.6. The number of ether oxygens (including phenoxy) is 2. The summed E-state index contributed by atoms with van der Waals surface area (Å²) in [4.78, 5) is 12.9. The third-order valence-corrected chi connectivity index (χ3v) is 16.4. The van der Waals surface area contributed by atoms with E-state index >= 15 is 17.6 Å². The lowest BCUT2D eigenvalue weighted by atomic mass is 9.66. The number of halogens is 4. The number of hydrogen-bond acceptors (Lipinski definition) is 6. The van der Waals surface area contributed by atoms with Gasteiger partial charge in [-0.25, -0.2) is 8.42 Å². The molecular weight excluding hydrogens is 693 g/mol. The van der Waals surface area contributed by atoms with Crippen molar-refractivity contribution in [2.45, 2.75) is 84.3 Å². The Bertz CT molecular complexity index is 1790. The van der Waals surface area contributed by atoms with Gasteiger partial charge >= 0.3 is 27.3 Å². The Morgan fingerprint density at radius 3 is 1.90 bits per heavy atom. The summed E-state index contributed by atoms with van der Waals surface area (Å²) in [6.45, 7) is 4.45. The van der Waals surface area contributed by atoms with Crippen LogP contribution in [-0.4, -0.2) is 37.8 Å². The summed E-state index contributed by atoms with van der Waals surface area (Å²) in [5.41, 5.74) is -0.825. The first-order valence-electron chi connectivity index (χ1n) is 17.2. The molecule has 4 bridgehead atoms. The van der Waals surface area contributed by atoms with Gasteiger partial charge in [0.2, 0.25) is 0 Å². The highest BCUT2D eigenvalue weighted by molar-refractivity contribution is 8.33. The fourth-order valence-corrected chi connectivity index (χ4v) is 15.0. The largest absolute Gasteiger partial charge is 0.481 e. The summed E-state index contributed by atoms with van der Waals surface area (Å²) >= 11 is 0. The fourth-order valence-electron chi connectivity index (χ4n) is 9.59. The van der Waals surface area contributed by atoms with Crippen LogP contribution in [0.4, 0.5) is 17.6 Å². The minimum atomic E-state index is -6.37. The van der Waals surface area contributed by atoms with Gasteiger partial charge in [-0.15, -0.1) is 0 Å². The molecule has 12 heteroatoms. The number of hydrogen-bond donors (Lipinski definition) is 0. The molecule has 4 saturated carbocycles. The lowest BCUT2D eigenvalue weighted by Gasteiger charge is -2.44. The van der Waals surface area contributed by atoms with E-state index < -0.39 is 61.6 Å². The molecule has 0 amide bonds. The molecule has 6 nitrogen and oxygen atoms in total. The van der Waals surface area contributed by atoms with Crippen molar-refractivity contribution in [3.8, 4) is 5.75 Å². The third-order valence-electron chi connectivity index (χ3n) is 11.2. The summed E-state index contributed by atoms with van der Waals surface area (Å²) in [6, 6.07) is 21.6. The van der Waals surface area contributed by atoms with Crippen LogP contribution in [0.15, 0.2) is 99.6 Å². The Morgan fingerprint density at radius 1 is 0.740 bits per heavy atom. The zero-order valence-corrected chi connectivity index (χ0v) is 29.8. The predicted molar refractivity (Wildman–Crippen MR) is 180 cm³/mol. The van der Waals surface area contributed by atoms with Crippen LogP contribution in [-0.2, 0) is 23.3 Å². The molecule has 4 fully saturated rings. The predicted octanol–water partition coefficient (Wildman–Crippen LogP) is 9.50. The van der Waals surface area contributed by atoms with Crippen molar-refractivity contribution in [3.63, 3.8) is 0 Å². The van der Waals surface area contributed by atoms with E-state index in [1.165, 1.54) is 42.5 Å². The average Bonchev–Trinajstić information content (AvgIpc) is 3.88. The smallest absolute Gasteiger partial charge is 0.432 e. The van der Waals surface area contributed by atoms with Crippen LogP contribution in [0, 0.1) is 41.4 Å². The maximum absolute atomic E-state index is 16.5. The maximum atomic E-state index is 16.5. The number of benzene rings is 3. The van der Waals surface area contributed by atoms with Crippen molar-refractivity contribution in [2.24, 2.45) is 41.4 Å². The van der Waals surface area contributed by atoms with E-state index in [-0.39, 0.29) is 50.5 Å². The van der Waals surface area contributed by atoms with Crippen LogP contribution in [0.25, 0.3) is 0 Å². The molecule has 0 aliphatic heterocycles. The van der Waals surface area contributed by atoms with Crippen LogP contribution in [0.1, 0.15) is 52.9 Å². The molecule has 0 aromatic heterocycles. The monoisotopic (exact) mass is 734 g/mol. The van der Waals surface area contributed by atoms with Crippen LogP contribution in [0.5, 0.6) is 5.75 Å². The zero-order chi connectivity index (χ0) is 35.7. The van der Waals surface area contributed by atoms with Crippen molar-refractivity contribution >= 4 is 26.4 Å². The molecule has 0 N–H and O–H groups in total. The highest BCUT2D eigenvalue weighted by atomic mass is 32.3. The maximum Gasteiger partial charge on any atom is 0.432 e. The lowest BCUT2D eigenvalue weighted by Crippen LogP contribution is -2.55. The summed E-state index contributed by atoms with van der Waals surface area (Å²) in [5, 5.41) is -5.56. The number of para-hydroxylation sites is 1. The molecular formula is C38H42F4O6S2. The standard InChI is InChI=1S/C38H42F4O6S2/c1-36(2,3)47-33(43)23-46-31-16-10-11-17-32(31)49(27-12-6-4-7-13-27,28-14-8-5-9-15-28)48-50(44,45)38(41,42)37(39,40)30-22-26-21-29(30)35-25-19-18-24(20-25)34(26)35/h4-17,24-26,29-30,34-35H,18-23H2,1-3H3. The van der Waals surface area contributed by atoms with Gasteiger partial charge in [-0.3, -0.25) is 0 Å². The summed E-state index contributed by atoms with van der Waals surface area (Å²) in [7, 11) is -10.2. The van der Waals surface area contributed by atoms with Crippen molar-refractivity contribution in [2.75, 3.05) is 6.61 Å². The van der Waals surface area contributed by atoms with Crippen LogP contribution < -0.4 is 4.74 Å². The van der Waals surface area contributed by atoms with Gasteiger partial charge in [0.15, 0.2) is 6.61 Å². The Hall–Kier alpha value is -3.09. The van der Waals surface area contributed by atoms with Crippen LogP contribution >= 0.6 is 10.3 Å². The molecule has 7 rings (SSSR count). The van der Waals surface area contributed by atoms with E-state index in [1.807, 2.05) is 0 Å². The van der Waals surface area contributed by atoms with E-state index in [2.05, 4.69) is 0 Å². The van der Waals surface area contributed by atoms with Gasteiger partial charge in [0.05, 0.1) is 4.90 Å². The molecule has 3 aromatic carbocycles. The molecule has 3 aromatic rings. The Kier molecular flexibility index (Phi) is 8.86. The summed E-state index contributed by atoms with van der Waals surface area (Å²) in [5.74, 6) is -7.27. The molecule has 0 heterocycles. The molecule has 0 saturated heterocycles. The quantitative estimate of drug-likeness (QED) is 0.111. The van der Waals surface area contributed by atoms with Gasteiger partial charge < -0.3 is 9.47 Å². The summed E-state index contributed by atoms with van der Waals surface area (Å²) in [6.07, 6.45) is 3.24. The fraction of sp³-hybridized carbons (Fsp3) is 0.500. The van der Waals surface area contributed by atoms with Gasteiger partial charge in [-0.05, 0) is 135 Å². The first kappa shape index (κ1) is 35.3. The number of alkyl halides is 4. The van der Waals surface area contributed by atoms with Crippen LogP contribution in [0.3, 0.4) is 0 Å². The molecule has 270 valence electrons. The second-order valence-electron chi connectivity index (χ2n) is 15.2. The third kappa shape index (κ3) is 5.73. The van der Waals surface area contributed by atoms with E-state index in [0.29, 0.717) is 12.3 Å². The average molecular weight is 735 g/mol. The Labute approximate surface area is 292 Å². The molecule has 0 radical (unpaired) electrons. The highest BCUT2D eigenvalue weighted by Gasteiger charge is 2.76. The number of fused-ring (bicyclic) bond motifs is 9. The highest BCUT2D eigenvalue weighted by Crippen LogP contribution is 2.74. The lowest BCUT2D eigenvalue weighted by molar-refractivity contribution is -0.209. The van der Waals surface area contributed by atoms with Crippen molar-refractivity contribution in [1.82, 2.24) is 0 Å². The van der Waals surface area contributed by atoms with E-state index in [4.69, 9.17) is 13.1 Å². The number of carbonyl (C=O) groups is 1. The van der Waals surface area contributed by atoms with Gasteiger partial charge in [-0.1, -0.05) is 48.5 Å². The summed E-state index contributed by atoms with van der Waals surface area (Å²) < 4.78 is 111. The number of esters is 1. The molecule has 4 aliphatic rings. The minimum Gasteiger partial charge on any atom is -0.481 e. The minimum absolute atomic E-state index is 0.00611. The molecule has 50 heavy (non-hydrogen) atoms. The molecule has 4 aliphatic carbocycles. The Morgan fingerprint density at radius 2 is 1.30 bits per heavy atom. The van der Waals surface area contributed by atoms with Gasteiger partial charge in [0.25, 0.3) is 0 Å². The van der Waals surface area contributed by atoms with Crippen molar-refractivity contribution in [1.29, 1.82) is 0 Å². The molecule has 7 unspecified atom stereocenters. The van der Waals surface area contributed by atoms with E-state index in [9.17, 15) is 13.2 Å². The first-order valence-corrected chi connectivity index (χ1v) is 20.1. The molecule has 7 atom stereocenters. The normalized spacial score (nSPS) is 28.0. The van der Waals surface area contributed by atoms with E-state index in [0.717, 1.165) is 19.3 Å². The second kappa shape index (κ2) is 12.5. The van der Waals surface area contributed by atoms with Gasteiger partial charge in [0.1, 0.15) is 11.4 Å². The van der Waals surface area contributed by atoms with Gasteiger partial charge in [0, 0.05) is 15.7 Å². The van der Waals surface area contributed by atoms with E-state index in [1.54, 1.807) is 63.2 Å². The zero-order valence-electron chi connectivity index (χ0n) is 28.1. The SMILES string of the molecule is CC(C)(C)OC(=O)COc1ccccc1S(OS(=O)(=O)C(F)(F)C(F)(F)C1CC2CC1C1C3CCC(C3)C21)(c1ccccc1)c1ccccc1. The van der Waals surface area contributed by atoms with Crippen molar-refractivity contribution in [3.05, 3.63) is 84.9 Å². The number of carbonyl (C=O) groups excluding carboxylic acids is 1. The van der Waals surface area contributed by atoms with Crippen LogP contribution in [0.2, 0.25) is 0 Å². The van der Waals surface area contributed by atoms with Gasteiger partial charge in [-0.2, -0.15) is 26.0 Å². The van der Waals surface area contributed by atoms with Crippen molar-refractivity contribution < 1.29 is 43.9 Å². The Balaban J connectivity index is 1.30. The second-order valence-corrected chi connectivity index (χ2v) is 19.6. The topological polar surface area (TPSA) is 78.9 Å². The molecule has 0 spiro atoms.